The molecule has 1 saturated heterocycles. The highest BCUT2D eigenvalue weighted by molar-refractivity contribution is 4.89. The molecule has 0 N–H and O–H groups in total. The Morgan fingerprint density at radius 1 is 0.938 bits per heavy atom. The first-order chi connectivity index (χ1) is 7.38. The van der Waals surface area contributed by atoms with Crippen molar-refractivity contribution in [2.45, 2.75) is 72.3 Å². The molecule has 1 heterocycles. The Kier molecular flexibility index (Phi) is 3.36. The van der Waals surface area contributed by atoms with E-state index in [2.05, 4.69) is 32.6 Å². The minimum absolute atomic E-state index is 0.555. The van der Waals surface area contributed by atoms with Crippen molar-refractivity contribution in [2.75, 3.05) is 13.1 Å². The molecular weight excluding hydrogens is 194 g/mol. The molecule has 0 aromatic carbocycles. The van der Waals surface area contributed by atoms with Crippen molar-refractivity contribution in [1.29, 1.82) is 0 Å². The second kappa shape index (κ2) is 4.33. The third-order valence-electron chi connectivity index (χ3n) is 4.63. The van der Waals surface area contributed by atoms with Crippen LogP contribution >= 0.6 is 0 Å². The summed E-state index contributed by atoms with van der Waals surface area (Å²) < 4.78 is 0. The van der Waals surface area contributed by atoms with Crippen LogP contribution in [0.15, 0.2) is 0 Å². The quantitative estimate of drug-likeness (QED) is 0.647. The van der Waals surface area contributed by atoms with E-state index >= 15 is 0 Å². The molecule has 1 heteroatoms. The van der Waals surface area contributed by atoms with Crippen LogP contribution in [-0.2, 0) is 0 Å². The van der Waals surface area contributed by atoms with Crippen LogP contribution in [0.5, 0.6) is 0 Å². The highest BCUT2D eigenvalue weighted by atomic mass is 15.2. The number of likely N-dealkylation sites (tertiary alicyclic amines) is 1. The van der Waals surface area contributed by atoms with Crippen LogP contribution < -0.4 is 0 Å². The Hall–Kier alpha value is -0.0400. The van der Waals surface area contributed by atoms with E-state index in [0.29, 0.717) is 10.8 Å². The lowest BCUT2D eigenvalue weighted by Crippen LogP contribution is -2.48. The second-order valence-corrected chi connectivity index (χ2v) is 7.65. The van der Waals surface area contributed by atoms with Gasteiger partial charge < -0.3 is 0 Å². The van der Waals surface area contributed by atoms with Crippen molar-refractivity contribution in [1.82, 2.24) is 4.90 Å². The number of hydrogen-bond donors (Lipinski definition) is 0. The maximum Gasteiger partial charge on any atom is 0.0101 e. The van der Waals surface area contributed by atoms with Gasteiger partial charge in [0, 0.05) is 12.6 Å². The van der Waals surface area contributed by atoms with Crippen LogP contribution in [0, 0.1) is 10.8 Å². The standard InChI is InChI=1S/C15H29N/c1-14(2)8-5-7-13(11-14)16-10-6-9-15(3,4)12-16/h13H,5-12H2,1-4H3/t13-/m0/s1. The Balaban J connectivity index is 1.96. The fourth-order valence-electron chi connectivity index (χ4n) is 3.75. The first-order valence-corrected chi connectivity index (χ1v) is 7.12. The van der Waals surface area contributed by atoms with E-state index in [1.165, 1.54) is 51.6 Å². The van der Waals surface area contributed by atoms with E-state index in [9.17, 15) is 0 Å². The van der Waals surface area contributed by atoms with Crippen LogP contribution in [0.25, 0.3) is 0 Å². The van der Waals surface area contributed by atoms with Gasteiger partial charge >= 0.3 is 0 Å². The van der Waals surface area contributed by atoms with Crippen LogP contribution in [0.1, 0.15) is 66.2 Å². The molecule has 1 aliphatic heterocycles. The van der Waals surface area contributed by atoms with Crippen LogP contribution in [0.4, 0.5) is 0 Å². The molecule has 1 atom stereocenters. The number of rotatable bonds is 1. The first-order valence-electron chi connectivity index (χ1n) is 7.12. The average molecular weight is 223 g/mol. The van der Waals surface area contributed by atoms with Gasteiger partial charge in [0.1, 0.15) is 0 Å². The summed E-state index contributed by atoms with van der Waals surface area (Å²) in [4.78, 5) is 2.80. The van der Waals surface area contributed by atoms with E-state index in [-0.39, 0.29) is 0 Å². The van der Waals surface area contributed by atoms with Crippen LogP contribution in [-0.4, -0.2) is 24.0 Å². The molecule has 0 unspecified atom stereocenters. The summed E-state index contributed by atoms with van der Waals surface area (Å²) in [6.07, 6.45) is 8.56. The zero-order valence-electron chi connectivity index (χ0n) is 11.7. The molecule has 0 bridgehead atoms. The summed E-state index contributed by atoms with van der Waals surface area (Å²) in [5, 5.41) is 0. The summed E-state index contributed by atoms with van der Waals surface area (Å²) >= 11 is 0. The molecule has 1 saturated carbocycles. The van der Waals surface area contributed by atoms with Gasteiger partial charge in [-0.1, -0.05) is 34.1 Å². The van der Waals surface area contributed by atoms with Gasteiger partial charge in [0.2, 0.25) is 0 Å². The minimum Gasteiger partial charge on any atom is -0.300 e. The topological polar surface area (TPSA) is 3.24 Å². The van der Waals surface area contributed by atoms with E-state index in [4.69, 9.17) is 0 Å². The molecule has 2 aliphatic rings. The molecular formula is C15H29N. The van der Waals surface area contributed by atoms with Crippen molar-refractivity contribution in [3.8, 4) is 0 Å². The van der Waals surface area contributed by atoms with Gasteiger partial charge in [-0.2, -0.15) is 0 Å². The fraction of sp³-hybridized carbons (Fsp3) is 1.00. The lowest BCUT2D eigenvalue weighted by molar-refractivity contribution is 0.0339. The van der Waals surface area contributed by atoms with Crippen LogP contribution in [0.3, 0.4) is 0 Å². The number of hydrogen-bond acceptors (Lipinski definition) is 1. The maximum absolute atomic E-state index is 2.80. The van der Waals surface area contributed by atoms with Gasteiger partial charge in [0.25, 0.3) is 0 Å². The Labute approximate surface area is 102 Å². The Morgan fingerprint density at radius 2 is 1.62 bits per heavy atom. The number of nitrogens with zero attached hydrogens (tertiary/aromatic N) is 1. The van der Waals surface area contributed by atoms with Gasteiger partial charge in [0.15, 0.2) is 0 Å². The Bertz CT molecular complexity index is 216. The predicted octanol–water partition coefficient (Wildman–Crippen LogP) is 4.08. The fourth-order valence-corrected chi connectivity index (χ4v) is 3.75. The maximum atomic E-state index is 2.80. The molecule has 2 rings (SSSR count). The van der Waals surface area contributed by atoms with Crippen molar-refractivity contribution in [2.24, 2.45) is 10.8 Å². The van der Waals surface area contributed by atoms with E-state index in [1.54, 1.807) is 0 Å². The van der Waals surface area contributed by atoms with Crippen molar-refractivity contribution >= 4 is 0 Å². The normalized spacial score (nSPS) is 34.9. The number of piperidine rings is 1. The predicted molar refractivity (Wildman–Crippen MR) is 70.6 cm³/mol. The van der Waals surface area contributed by atoms with Gasteiger partial charge in [-0.25, -0.2) is 0 Å². The molecule has 0 radical (unpaired) electrons. The molecule has 0 amide bonds. The lowest BCUT2D eigenvalue weighted by atomic mass is 9.73. The highest BCUT2D eigenvalue weighted by Gasteiger charge is 2.35. The molecule has 16 heavy (non-hydrogen) atoms. The second-order valence-electron chi connectivity index (χ2n) is 7.65. The zero-order chi connectivity index (χ0) is 11.8. The Morgan fingerprint density at radius 3 is 2.25 bits per heavy atom. The van der Waals surface area contributed by atoms with Gasteiger partial charge in [-0.05, 0) is 49.5 Å². The van der Waals surface area contributed by atoms with E-state index in [0.717, 1.165) is 6.04 Å². The molecule has 94 valence electrons. The molecule has 2 fully saturated rings. The van der Waals surface area contributed by atoms with Crippen LogP contribution in [0.2, 0.25) is 0 Å². The smallest absolute Gasteiger partial charge is 0.0101 e. The average Bonchev–Trinajstić information content (AvgIpc) is 2.14. The van der Waals surface area contributed by atoms with E-state index < -0.39 is 0 Å². The SMILES string of the molecule is CC1(C)CCC[C@H](N2CCCC(C)(C)C2)C1. The monoisotopic (exact) mass is 223 g/mol. The molecule has 1 nitrogen and oxygen atoms in total. The van der Waals surface area contributed by atoms with Gasteiger partial charge in [-0.3, -0.25) is 4.90 Å². The largest absolute Gasteiger partial charge is 0.300 e. The van der Waals surface area contributed by atoms with E-state index in [1.807, 2.05) is 0 Å². The van der Waals surface area contributed by atoms with Gasteiger partial charge in [0.05, 0.1) is 0 Å². The minimum atomic E-state index is 0.555. The molecule has 0 aromatic rings. The third-order valence-corrected chi connectivity index (χ3v) is 4.63. The molecule has 0 aromatic heterocycles. The van der Waals surface area contributed by atoms with Crippen molar-refractivity contribution < 1.29 is 0 Å². The first kappa shape index (κ1) is 12.4. The van der Waals surface area contributed by atoms with Crippen molar-refractivity contribution in [3.63, 3.8) is 0 Å². The lowest BCUT2D eigenvalue weighted by Gasteiger charge is -2.46. The summed E-state index contributed by atoms with van der Waals surface area (Å²) in [5.41, 5.74) is 1.14. The summed E-state index contributed by atoms with van der Waals surface area (Å²) in [6, 6.07) is 0.878. The van der Waals surface area contributed by atoms with Crippen molar-refractivity contribution in [3.05, 3.63) is 0 Å². The summed E-state index contributed by atoms with van der Waals surface area (Å²) in [5.74, 6) is 0. The molecule has 0 spiro atoms. The highest BCUT2D eigenvalue weighted by Crippen LogP contribution is 2.39. The summed E-state index contributed by atoms with van der Waals surface area (Å²) in [7, 11) is 0. The third kappa shape index (κ3) is 3.00. The molecule has 1 aliphatic carbocycles. The zero-order valence-corrected chi connectivity index (χ0v) is 11.7. The van der Waals surface area contributed by atoms with Gasteiger partial charge in [-0.15, -0.1) is 0 Å². The summed E-state index contributed by atoms with van der Waals surface area (Å²) in [6.45, 7) is 12.5.